The second kappa shape index (κ2) is 6.24. The van der Waals surface area contributed by atoms with E-state index in [0.717, 1.165) is 18.2 Å². The Hall–Kier alpha value is -3.24. The van der Waals surface area contributed by atoms with Crippen LogP contribution in [-0.2, 0) is 14.4 Å². The number of hydrogen-bond donors (Lipinski definition) is 1. The molecule has 2 amide bonds. The van der Waals surface area contributed by atoms with Crippen molar-refractivity contribution < 1.29 is 36.9 Å². The highest BCUT2D eigenvalue weighted by atomic mass is 32.2. The van der Waals surface area contributed by atoms with E-state index in [4.69, 9.17) is 9.84 Å². The maximum Gasteiger partial charge on any atom is 0.339 e. The molecule has 0 unspecified atom stereocenters. The van der Waals surface area contributed by atoms with Crippen LogP contribution in [0.5, 0.6) is 5.75 Å². The number of aromatic carboxylic acids is 1. The van der Waals surface area contributed by atoms with Gasteiger partial charge in [-0.1, -0.05) is 12.1 Å². The number of benzene rings is 2. The van der Waals surface area contributed by atoms with E-state index >= 15 is 0 Å². The summed E-state index contributed by atoms with van der Waals surface area (Å²) < 4.78 is 34.3. The standard InChI is InChI=1S/C16H11NO8S/c1-24-13-7-6-9(8-12(13)16(20)21)26(22,23)25-17-14(18)10-4-2-3-5-11(10)15(17)19/h2-8H,1H3,(H,20,21). The summed E-state index contributed by atoms with van der Waals surface area (Å²) >= 11 is 0. The van der Waals surface area contributed by atoms with E-state index in [2.05, 4.69) is 4.28 Å². The topological polar surface area (TPSA) is 127 Å². The number of hydrogen-bond acceptors (Lipinski definition) is 7. The number of methoxy groups -OCH3 is 1. The summed E-state index contributed by atoms with van der Waals surface area (Å²) in [5.74, 6) is -3.33. The first-order valence-corrected chi connectivity index (χ1v) is 8.51. The number of ether oxygens (including phenoxy) is 1. The van der Waals surface area contributed by atoms with E-state index in [1.807, 2.05) is 0 Å². The fraction of sp³-hybridized carbons (Fsp3) is 0.0625. The lowest BCUT2D eigenvalue weighted by molar-refractivity contribution is -0.0104. The molecule has 0 saturated carbocycles. The van der Waals surface area contributed by atoms with Crippen molar-refractivity contribution in [1.29, 1.82) is 0 Å². The number of carboxylic acids is 1. The molecule has 3 rings (SSSR count). The molecule has 2 aromatic rings. The van der Waals surface area contributed by atoms with Gasteiger partial charge in [-0.25, -0.2) is 4.79 Å². The molecule has 1 heterocycles. The van der Waals surface area contributed by atoms with Gasteiger partial charge in [-0.3, -0.25) is 9.59 Å². The predicted molar refractivity (Wildman–Crippen MR) is 85.2 cm³/mol. The lowest BCUT2D eigenvalue weighted by Crippen LogP contribution is -2.32. The zero-order valence-corrected chi connectivity index (χ0v) is 14.0. The number of carbonyl (C=O) groups excluding carboxylic acids is 2. The molecule has 1 aliphatic heterocycles. The SMILES string of the molecule is COc1ccc(S(=O)(=O)ON2C(=O)c3ccccc3C2=O)cc1C(=O)O. The summed E-state index contributed by atoms with van der Waals surface area (Å²) in [6.45, 7) is 0. The van der Waals surface area contributed by atoms with Gasteiger partial charge in [0.25, 0.3) is 11.8 Å². The maximum atomic E-state index is 12.4. The fourth-order valence-corrected chi connectivity index (χ4v) is 3.30. The molecule has 2 aromatic carbocycles. The summed E-state index contributed by atoms with van der Waals surface area (Å²) in [4.78, 5) is 35.1. The lowest BCUT2D eigenvalue weighted by atomic mass is 10.1. The number of fused-ring (bicyclic) bond motifs is 1. The van der Waals surface area contributed by atoms with Crippen LogP contribution in [0.15, 0.2) is 47.4 Å². The van der Waals surface area contributed by atoms with E-state index < -0.39 is 38.4 Å². The number of imide groups is 1. The second-order valence-corrected chi connectivity index (χ2v) is 6.67. The maximum absolute atomic E-state index is 12.4. The van der Waals surface area contributed by atoms with Crippen molar-refractivity contribution in [3.63, 3.8) is 0 Å². The molecular weight excluding hydrogens is 366 g/mol. The molecule has 134 valence electrons. The van der Waals surface area contributed by atoms with Crippen LogP contribution < -0.4 is 4.74 Å². The summed E-state index contributed by atoms with van der Waals surface area (Å²) in [7, 11) is -3.42. The van der Waals surface area contributed by atoms with Gasteiger partial charge in [-0.15, -0.1) is 9.35 Å². The third-order valence-electron chi connectivity index (χ3n) is 3.62. The number of rotatable bonds is 5. The van der Waals surface area contributed by atoms with Crippen LogP contribution in [0.1, 0.15) is 31.1 Å². The monoisotopic (exact) mass is 377 g/mol. The highest BCUT2D eigenvalue weighted by Gasteiger charge is 2.40. The Morgan fingerprint density at radius 3 is 2.12 bits per heavy atom. The summed E-state index contributed by atoms with van der Waals surface area (Å²) in [5.41, 5.74) is -0.401. The first kappa shape index (κ1) is 17.6. The molecule has 9 nitrogen and oxygen atoms in total. The van der Waals surface area contributed by atoms with Gasteiger partial charge in [-0.05, 0) is 30.3 Å². The molecule has 0 atom stereocenters. The molecule has 0 spiro atoms. The molecule has 26 heavy (non-hydrogen) atoms. The Balaban J connectivity index is 1.96. The van der Waals surface area contributed by atoms with Crippen molar-refractivity contribution in [2.24, 2.45) is 0 Å². The first-order chi connectivity index (χ1) is 12.3. The largest absolute Gasteiger partial charge is 0.496 e. The van der Waals surface area contributed by atoms with E-state index in [0.29, 0.717) is 0 Å². The molecule has 0 fully saturated rings. The average molecular weight is 377 g/mol. The number of carbonyl (C=O) groups is 3. The molecule has 1 aliphatic rings. The molecular formula is C16H11NO8S. The number of carboxylic acid groups (broad SMARTS) is 1. The molecule has 0 radical (unpaired) electrons. The smallest absolute Gasteiger partial charge is 0.339 e. The second-order valence-electron chi connectivity index (χ2n) is 5.15. The fourth-order valence-electron chi connectivity index (χ4n) is 2.39. The molecule has 10 heteroatoms. The minimum Gasteiger partial charge on any atom is -0.496 e. The van der Waals surface area contributed by atoms with Crippen LogP contribution in [0.2, 0.25) is 0 Å². The zero-order chi connectivity index (χ0) is 19.1. The number of hydroxylamine groups is 2. The summed E-state index contributed by atoms with van der Waals surface area (Å²) in [5, 5.41) is 9.27. The normalized spacial score (nSPS) is 13.7. The molecule has 0 aromatic heterocycles. The molecule has 0 aliphatic carbocycles. The van der Waals surface area contributed by atoms with Gasteiger partial charge in [0.05, 0.1) is 23.1 Å². The van der Waals surface area contributed by atoms with E-state index in [1.54, 1.807) is 0 Å². The Labute approximate surface area is 147 Å². The van der Waals surface area contributed by atoms with Crippen molar-refractivity contribution in [1.82, 2.24) is 5.06 Å². The zero-order valence-electron chi connectivity index (χ0n) is 13.2. The predicted octanol–water partition coefficient (Wildman–Crippen LogP) is 1.31. The Morgan fingerprint density at radius 1 is 1.04 bits per heavy atom. The van der Waals surface area contributed by atoms with Gasteiger partial charge in [0.1, 0.15) is 11.3 Å². The van der Waals surface area contributed by atoms with Crippen LogP contribution in [0.3, 0.4) is 0 Å². The Kier molecular flexibility index (Phi) is 4.22. The van der Waals surface area contributed by atoms with E-state index in [9.17, 15) is 22.8 Å². The summed E-state index contributed by atoms with van der Waals surface area (Å²) in [6, 6.07) is 8.74. The Bertz CT molecular complexity index is 1010. The van der Waals surface area contributed by atoms with Crippen LogP contribution in [0, 0.1) is 0 Å². The van der Waals surface area contributed by atoms with Gasteiger partial charge in [0.15, 0.2) is 0 Å². The van der Waals surface area contributed by atoms with Crippen molar-refractivity contribution in [3.05, 3.63) is 59.2 Å². The molecule has 0 saturated heterocycles. The van der Waals surface area contributed by atoms with Gasteiger partial charge in [0.2, 0.25) is 0 Å². The third kappa shape index (κ3) is 2.80. The first-order valence-electron chi connectivity index (χ1n) is 7.10. The van der Waals surface area contributed by atoms with E-state index in [-0.39, 0.29) is 21.9 Å². The van der Waals surface area contributed by atoms with Crippen molar-refractivity contribution >= 4 is 27.9 Å². The van der Waals surface area contributed by atoms with Gasteiger partial charge in [-0.2, -0.15) is 8.42 Å². The Morgan fingerprint density at radius 2 is 1.62 bits per heavy atom. The molecule has 0 bridgehead atoms. The van der Waals surface area contributed by atoms with Gasteiger partial charge >= 0.3 is 16.1 Å². The van der Waals surface area contributed by atoms with Crippen molar-refractivity contribution in [3.8, 4) is 5.75 Å². The minimum atomic E-state index is -4.64. The average Bonchev–Trinajstić information content (AvgIpc) is 2.86. The number of amides is 2. The summed E-state index contributed by atoms with van der Waals surface area (Å²) in [6.07, 6.45) is 0. The van der Waals surface area contributed by atoms with Crippen LogP contribution >= 0.6 is 0 Å². The number of nitrogens with zero attached hydrogens (tertiary/aromatic N) is 1. The highest BCUT2D eigenvalue weighted by Crippen LogP contribution is 2.27. The molecule has 1 N–H and O–H groups in total. The van der Waals surface area contributed by atoms with Crippen LogP contribution in [-0.4, -0.2) is 43.5 Å². The minimum absolute atomic E-state index is 0.00801. The van der Waals surface area contributed by atoms with Crippen LogP contribution in [0.25, 0.3) is 0 Å². The van der Waals surface area contributed by atoms with Gasteiger partial charge in [0, 0.05) is 0 Å². The van der Waals surface area contributed by atoms with Crippen molar-refractivity contribution in [2.75, 3.05) is 7.11 Å². The van der Waals surface area contributed by atoms with Crippen molar-refractivity contribution in [2.45, 2.75) is 4.90 Å². The van der Waals surface area contributed by atoms with E-state index in [1.165, 1.54) is 31.4 Å². The highest BCUT2D eigenvalue weighted by molar-refractivity contribution is 7.86. The van der Waals surface area contributed by atoms with Gasteiger partial charge < -0.3 is 9.84 Å². The third-order valence-corrected chi connectivity index (χ3v) is 4.80. The lowest BCUT2D eigenvalue weighted by Gasteiger charge is -2.14. The van der Waals surface area contributed by atoms with Crippen LogP contribution in [0.4, 0.5) is 0 Å². The quantitative estimate of drug-likeness (QED) is 0.773.